The van der Waals surface area contributed by atoms with E-state index >= 15 is 0 Å². The van der Waals surface area contributed by atoms with Gasteiger partial charge < -0.3 is 4.74 Å². The zero-order valence-corrected chi connectivity index (χ0v) is 10.7. The topological polar surface area (TPSA) is 26.3 Å². The van der Waals surface area contributed by atoms with E-state index < -0.39 is 23.7 Å². The quantitative estimate of drug-likeness (QED) is 0.467. The van der Waals surface area contributed by atoms with Gasteiger partial charge in [0.2, 0.25) is 5.78 Å². The van der Waals surface area contributed by atoms with Crippen molar-refractivity contribution >= 4 is 28.4 Å². The molecule has 94 valence electrons. The molecule has 0 aliphatic carbocycles. The van der Waals surface area contributed by atoms with Crippen LogP contribution < -0.4 is 4.74 Å². The zero-order valence-electron chi connectivity index (χ0n) is 8.52. The van der Waals surface area contributed by atoms with Crippen LogP contribution in [0.25, 0.3) is 0 Å². The fourth-order valence-corrected chi connectivity index (χ4v) is 1.63. The second kappa shape index (κ2) is 5.19. The van der Waals surface area contributed by atoms with Crippen molar-refractivity contribution in [1.82, 2.24) is 0 Å². The summed E-state index contributed by atoms with van der Waals surface area (Å²) in [5, 5.41) is 0. The molecule has 0 heterocycles. The highest BCUT2D eigenvalue weighted by Crippen LogP contribution is 2.31. The number of hydrogen-bond donors (Lipinski definition) is 0. The Kier molecular flexibility index (Phi) is 4.34. The van der Waals surface area contributed by atoms with Gasteiger partial charge in [0, 0.05) is 3.57 Å². The van der Waals surface area contributed by atoms with E-state index in [9.17, 15) is 22.4 Å². The molecule has 0 unspecified atom stereocenters. The first-order valence-corrected chi connectivity index (χ1v) is 5.43. The fourth-order valence-electron chi connectivity index (χ4n) is 1.14. The second-order valence-corrected chi connectivity index (χ2v) is 4.34. The standard InChI is InChI=1S/C10H7F4IO2/c1-17-7-3-2-5(15)4-6(7)8(16)10(13,14)9(11)12/h2-4,9H,1H3. The van der Waals surface area contributed by atoms with E-state index in [-0.39, 0.29) is 5.75 Å². The first-order chi connectivity index (χ1) is 7.80. The third-order valence-electron chi connectivity index (χ3n) is 1.98. The number of benzene rings is 1. The van der Waals surface area contributed by atoms with Gasteiger partial charge in [-0.2, -0.15) is 8.78 Å². The Morgan fingerprint density at radius 1 is 1.41 bits per heavy atom. The van der Waals surface area contributed by atoms with Crippen molar-refractivity contribution in [2.24, 2.45) is 0 Å². The van der Waals surface area contributed by atoms with Gasteiger partial charge in [-0.25, -0.2) is 8.78 Å². The molecule has 0 radical (unpaired) electrons. The maximum Gasteiger partial charge on any atom is 0.369 e. The molecule has 0 saturated heterocycles. The van der Waals surface area contributed by atoms with Gasteiger partial charge in [-0.05, 0) is 40.8 Å². The van der Waals surface area contributed by atoms with Gasteiger partial charge in [0.05, 0.1) is 12.7 Å². The molecule has 0 atom stereocenters. The van der Waals surface area contributed by atoms with Gasteiger partial charge in [0.25, 0.3) is 0 Å². The van der Waals surface area contributed by atoms with Crippen LogP contribution in [-0.4, -0.2) is 25.2 Å². The van der Waals surface area contributed by atoms with Crippen molar-refractivity contribution < 1.29 is 27.1 Å². The summed E-state index contributed by atoms with van der Waals surface area (Å²) in [6, 6.07) is 3.87. The molecule has 0 amide bonds. The summed E-state index contributed by atoms with van der Waals surface area (Å²) in [7, 11) is 1.17. The molecule has 17 heavy (non-hydrogen) atoms. The molecule has 1 aromatic rings. The first-order valence-electron chi connectivity index (χ1n) is 4.35. The Morgan fingerprint density at radius 2 is 2.00 bits per heavy atom. The Labute approximate surface area is 108 Å². The number of Topliss-reactive ketones (excluding diaryl/α,β-unsaturated/α-hetero) is 1. The van der Waals surface area contributed by atoms with Gasteiger partial charge in [-0.3, -0.25) is 4.79 Å². The lowest BCUT2D eigenvalue weighted by atomic mass is 10.0. The number of rotatable bonds is 4. The van der Waals surface area contributed by atoms with Gasteiger partial charge >= 0.3 is 12.3 Å². The Bertz CT molecular complexity index is 434. The number of hydrogen-bond acceptors (Lipinski definition) is 2. The van der Waals surface area contributed by atoms with Crippen molar-refractivity contribution in [1.29, 1.82) is 0 Å². The molecular formula is C10H7F4IO2. The van der Waals surface area contributed by atoms with Crippen LogP contribution in [0.5, 0.6) is 5.75 Å². The van der Waals surface area contributed by atoms with Crippen LogP contribution in [0.1, 0.15) is 10.4 Å². The van der Waals surface area contributed by atoms with Crippen molar-refractivity contribution in [3.05, 3.63) is 27.3 Å². The molecule has 0 N–H and O–H groups in total. The summed E-state index contributed by atoms with van der Waals surface area (Å²) in [4.78, 5) is 11.3. The number of carbonyl (C=O) groups excluding carboxylic acids is 1. The second-order valence-electron chi connectivity index (χ2n) is 3.10. The summed E-state index contributed by atoms with van der Waals surface area (Å²) < 4.78 is 55.1. The molecule has 0 spiro atoms. The molecule has 1 aromatic carbocycles. The third-order valence-corrected chi connectivity index (χ3v) is 2.65. The van der Waals surface area contributed by atoms with Gasteiger partial charge in [0.15, 0.2) is 0 Å². The van der Waals surface area contributed by atoms with E-state index in [4.69, 9.17) is 4.74 Å². The lowest BCUT2D eigenvalue weighted by molar-refractivity contribution is -0.0959. The smallest absolute Gasteiger partial charge is 0.369 e. The minimum Gasteiger partial charge on any atom is -0.496 e. The van der Waals surface area contributed by atoms with Crippen LogP contribution in [0, 0.1) is 3.57 Å². The highest BCUT2D eigenvalue weighted by atomic mass is 127. The predicted molar refractivity (Wildman–Crippen MR) is 61.0 cm³/mol. The minimum atomic E-state index is -4.71. The van der Waals surface area contributed by atoms with E-state index in [1.165, 1.54) is 19.2 Å². The Morgan fingerprint density at radius 3 is 2.47 bits per heavy atom. The van der Waals surface area contributed by atoms with Crippen LogP contribution in [0.4, 0.5) is 17.6 Å². The molecule has 0 bridgehead atoms. The van der Waals surface area contributed by atoms with Crippen molar-refractivity contribution in [3.8, 4) is 5.75 Å². The van der Waals surface area contributed by atoms with Crippen LogP contribution in [0.15, 0.2) is 18.2 Å². The zero-order chi connectivity index (χ0) is 13.2. The largest absolute Gasteiger partial charge is 0.496 e. The number of methoxy groups -OCH3 is 1. The number of alkyl halides is 4. The maximum atomic E-state index is 12.9. The molecule has 2 nitrogen and oxygen atoms in total. The molecule has 0 aromatic heterocycles. The average molecular weight is 362 g/mol. The van der Waals surface area contributed by atoms with Crippen LogP contribution >= 0.6 is 22.6 Å². The highest BCUT2D eigenvalue weighted by molar-refractivity contribution is 14.1. The summed E-state index contributed by atoms with van der Waals surface area (Å²) in [6.45, 7) is 0. The SMILES string of the molecule is COc1ccc(I)cc1C(=O)C(F)(F)C(F)F. The molecule has 1 rings (SSSR count). The molecule has 7 heteroatoms. The Balaban J connectivity index is 3.24. The number of ketones is 1. The fraction of sp³-hybridized carbons (Fsp3) is 0.300. The lowest BCUT2D eigenvalue weighted by Gasteiger charge is -2.15. The van der Waals surface area contributed by atoms with Crippen molar-refractivity contribution in [3.63, 3.8) is 0 Å². The van der Waals surface area contributed by atoms with Gasteiger partial charge in [-0.1, -0.05) is 0 Å². The Hall–Kier alpha value is -0.860. The summed E-state index contributed by atoms with van der Waals surface area (Å²) in [5.41, 5.74) is -0.551. The van der Waals surface area contributed by atoms with Crippen LogP contribution in [0.2, 0.25) is 0 Å². The normalized spacial score (nSPS) is 11.7. The summed E-state index contributed by atoms with van der Waals surface area (Å²) in [5.74, 6) is -6.81. The molecule has 0 fully saturated rings. The predicted octanol–water partition coefficient (Wildman–Crippen LogP) is 3.38. The van der Waals surface area contributed by atoms with E-state index in [1.807, 2.05) is 0 Å². The van der Waals surface area contributed by atoms with Gasteiger partial charge in [0.1, 0.15) is 5.75 Å². The maximum absolute atomic E-state index is 12.9. The first kappa shape index (κ1) is 14.2. The van der Waals surface area contributed by atoms with Gasteiger partial charge in [-0.15, -0.1) is 0 Å². The number of ether oxygens (including phenoxy) is 1. The monoisotopic (exact) mass is 362 g/mol. The molecular weight excluding hydrogens is 355 g/mol. The van der Waals surface area contributed by atoms with Crippen LogP contribution in [0.3, 0.4) is 0 Å². The molecule has 0 aliphatic rings. The molecule has 0 aliphatic heterocycles. The van der Waals surface area contributed by atoms with Crippen LogP contribution in [-0.2, 0) is 0 Å². The average Bonchev–Trinajstić information content (AvgIpc) is 2.27. The lowest BCUT2D eigenvalue weighted by Crippen LogP contribution is -2.36. The van der Waals surface area contributed by atoms with E-state index in [0.29, 0.717) is 3.57 Å². The van der Waals surface area contributed by atoms with E-state index in [1.54, 1.807) is 22.6 Å². The minimum absolute atomic E-state index is 0.157. The van der Waals surface area contributed by atoms with Crippen molar-refractivity contribution in [2.45, 2.75) is 12.3 Å². The molecule has 0 saturated carbocycles. The summed E-state index contributed by atoms with van der Waals surface area (Å²) in [6.07, 6.45) is -4.04. The summed E-state index contributed by atoms with van der Waals surface area (Å²) >= 11 is 1.78. The number of halogens is 5. The third kappa shape index (κ3) is 2.88. The van der Waals surface area contributed by atoms with E-state index in [2.05, 4.69) is 0 Å². The van der Waals surface area contributed by atoms with Crippen molar-refractivity contribution in [2.75, 3.05) is 7.11 Å². The van der Waals surface area contributed by atoms with E-state index in [0.717, 1.165) is 6.07 Å². The number of carbonyl (C=O) groups is 1. The highest BCUT2D eigenvalue weighted by Gasteiger charge is 2.49.